The molecule has 0 amide bonds. The van der Waals surface area contributed by atoms with Crippen molar-refractivity contribution < 1.29 is 9.47 Å². The van der Waals surface area contributed by atoms with Crippen molar-refractivity contribution in [3.05, 3.63) is 65.7 Å². The van der Waals surface area contributed by atoms with E-state index < -0.39 is 0 Å². The molecule has 0 aliphatic carbocycles. The number of piperazine rings is 1. The molecule has 1 saturated heterocycles. The van der Waals surface area contributed by atoms with Crippen LogP contribution in [0.25, 0.3) is 5.69 Å². The Morgan fingerprint density at radius 1 is 0.967 bits per heavy atom. The van der Waals surface area contributed by atoms with Crippen LogP contribution in [0, 0.1) is 4.77 Å². The van der Waals surface area contributed by atoms with Gasteiger partial charge in [0.15, 0.2) is 4.77 Å². The molecule has 7 heteroatoms. The third-order valence-electron chi connectivity index (χ3n) is 5.41. The van der Waals surface area contributed by atoms with E-state index in [2.05, 4.69) is 32.7 Å². The molecule has 4 rings (SSSR count). The second-order valence-electron chi connectivity index (χ2n) is 7.27. The van der Waals surface area contributed by atoms with Gasteiger partial charge in [0.25, 0.3) is 0 Å². The summed E-state index contributed by atoms with van der Waals surface area (Å²) >= 11 is 5.73. The number of hydrogen-bond acceptors (Lipinski definition) is 5. The SMILES string of the molecule is CCOc1ccccc1N1CCN(Cn2ccn(-c3cccc(OC)c3)c2=S)CC1. The zero-order chi connectivity index (χ0) is 20.9. The van der Waals surface area contributed by atoms with Crippen LogP contribution in [0.15, 0.2) is 60.9 Å². The number of anilines is 1. The first-order valence-corrected chi connectivity index (χ1v) is 10.7. The molecule has 6 nitrogen and oxygen atoms in total. The zero-order valence-electron chi connectivity index (χ0n) is 17.5. The molecule has 0 bridgehead atoms. The Kier molecular flexibility index (Phi) is 6.40. The molecule has 1 aromatic heterocycles. The quantitative estimate of drug-likeness (QED) is 0.531. The summed E-state index contributed by atoms with van der Waals surface area (Å²) in [5.41, 5.74) is 2.19. The maximum atomic E-state index is 5.80. The van der Waals surface area contributed by atoms with Gasteiger partial charge in [0.1, 0.15) is 11.5 Å². The van der Waals surface area contributed by atoms with E-state index in [-0.39, 0.29) is 0 Å². The van der Waals surface area contributed by atoms with Gasteiger partial charge < -0.3 is 18.9 Å². The number of ether oxygens (including phenoxy) is 2. The maximum absolute atomic E-state index is 5.80. The van der Waals surface area contributed by atoms with Gasteiger partial charge in [0, 0.05) is 44.6 Å². The first-order valence-electron chi connectivity index (χ1n) is 10.3. The Bertz CT molecular complexity index is 1040. The van der Waals surface area contributed by atoms with Crippen molar-refractivity contribution in [2.45, 2.75) is 13.6 Å². The van der Waals surface area contributed by atoms with E-state index in [0.29, 0.717) is 6.61 Å². The van der Waals surface area contributed by atoms with Crippen LogP contribution in [0.4, 0.5) is 5.69 Å². The van der Waals surface area contributed by atoms with E-state index >= 15 is 0 Å². The average molecular weight is 425 g/mol. The van der Waals surface area contributed by atoms with Crippen molar-refractivity contribution >= 4 is 17.9 Å². The average Bonchev–Trinajstić information content (AvgIpc) is 3.15. The fourth-order valence-corrected chi connectivity index (χ4v) is 4.10. The van der Waals surface area contributed by atoms with E-state index in [1.807, 2.05) is 54.1 Å². The smallest absolute Gasteiger partial charge is 0.185 e. The number of benzene rings is 2. The number of methoxy groups -OCH3 is 1. The lowest BCUT2D eigenvalue weighted by Crippen LogP contribution is -2.46. The highest BCUT2D eigenvalue weighted by molar-refractivity contribution is 7.71. The minimum absolute atomic E-state index is 0.680. The molecule has 0 N–H and O–H groups in total. The number of imidazole rings is 1. The molecule has 1 aliphatic rings. The fraction of sp³-hybridized carbons (Fsp3) is 0.348. The first kappa shape index (κ1) is 20.5. The molecule has 0 radical (unpaired) electrons. The van der Waals surface area contributed by atoms with Gasteiger partial charge in [-0.15, -0.1) is 0 Å². The van der Waals surface area contributed by atoms with Crippen molar-refractivity contribution in [3.8, 4) is 17.2 Å². The van der Waals surface area contributed by atoms with E-state index in [4.69, 9.17) is 21.7 Å². The summed E-state index contributed by atoms with van der Waals surface area (Å²) < 4.78 is 16.1. The van der Waals surface area contributed by atoms with E-state index in [9.17, 15) is 0 Å². The van der Waals surface area contributed by atoms with Gasteiger partial charge in [-0.1, -0.05) is 18.2 Å². The second kappa shape index (κ2) is 9.36. The van der Waals surface area contributed by atoms with Gasteiger partial charge in [0.2, 0.25) is 0 Å². The van der Waals surface area contributed by atoms with Crippen molar-refractivity contribution in [3.63, 3.8) is 0 Å². The largest absolute Gasteiger partial charge is 0.497 e. The Morgan fingerprint density at radius 3 is 2.53 bits per heavy atom. The molecule has 2 heterocycles. The Hall–Kier alpha value is -2.77. The molecular weight excluding hydrogens is 396 g/mol. The molecule has 158 valence electrons. The summed E-state index contributed by atoms with van der Waals surface area (Å²) in [6.45, 7) is 7.38. The summed E-state index contributed by atoms with van der Waals surface area (Å²) in [5, 5.41) is 0. The minimum Gasteiger partial charge on any atom is -0.497 e. The first-order chi connectivity index (χ1) is 14.7. The third kappa shape index (κ3) is 4.37. The van der Waals surface area contributed by atoms with Gasteiger partial charge in [-0.3, -0.25) is 9.47 Å². The van der Waals surface area contributed by atoms with Crippen LogP contribution in [0.3, 0.4) is 0 Å². The highest BCUT2D eigenvalue weighted by Gasteiger charge is 2.20. The highest BCUT2D eigenvalue weighted by atomic mass is 32.1. The number of hydrogen-bond donors (Lipinski definition) is 0. The van der Waals surface area contributed by atoms with Crippen LogP contribution in [0.2, 0.25) is 0 Å². The maximum Gasteiger partial charge on any atom is 0.185 e. The number of aromatic nitrogens is 2. The molecule has 30 heavy (non-hydrogen) atoms. The number of rotatable bonds is 7. The van der Waals surface area contributed by atoms with Gasteiger partial charge in [-0.2, -0.15) is 0 Å². The second-order valence-corrected chi connectivity index (χ2v) is 7.63. The summed E-state index contributed by atoms with van der Waals surface area (Å²) in [5.74, 6) is 1.79. The Morgan fingerprint density at radius 2 is 1.77 bits per heavy atom. The molecule has 1 aliphatic heterocycles. The van der Waals surface area contributed by atoms with Crippen LogP contribution in [0.5, 0.6) is 11.5 Å². The molecule has 0 saturated carbocycles. The molecular formula is C23H28N4O2S. The number of para-hydroxylation sites is 2. The molecule has 0 unspecified atom stereocenters. The fourth-order valence-electron chi connectivity index (χ4n) is 3.82. The van der Waals surface area contributed by atoms with Crippen LogP contribution >= 0.6 is 12.2 Å². The van der Waals surface area contributed by atoms with E-state index in [0.717, 1.165) is 54.8 Å². The summed E-state index contributed by atoms with van der Waals surface area (Å²) in [6.07, 6.45) is 4.07. The Labute approximate surface area is 182 Å². The van der Waals surface area contributed by atoms with Crippen LogP contribution < -0.4 is 14.4 Å². The molecule has 2 aromatic carbocycles. The summed E-state index contributed by atoms with van der Waals surface area (Å²) in [6, 6.07) is 16.2. The predicted octanol–water partition coefficient (Wildman–Crippen LogP) is 4.20. The van der Waals surface area contributed by atoms with Crippen LogP contribution in [0.1, 0.15) is 6.92 Å². The molecule has 3 aromatic rings. The predicted molar refractivity (Wildman–Crippen MR) is 123 cm³/mol. The standard InChI is InChI=1S/C23H28N4O2S/c1-3-29-22-10-5-4-9-21(22)25-13-11-24(12-14-25)18-26-15-16-27(23(26)30)19-7-6-8-20(17-19)28-2/h4-10,15-17H,3,11-14,18H2,1-2H3. The lowest BCUT2D eigenvalue weighted by atomic mass is 10.2. The molecule has 0 spiro atoms. The lowest BCUT2D eigenvalue weighted by molar-refractivity contribution is 0.204. The zero-order valence-corrected chi connectivity index (χ0v) is 18.3. The van der Waals surface area contributed by atoms with Crippen molar-refractivity contribution in [2.75, 3.05) is 44.8 Å². The normalized spacial score (nSPS) is 14.7. The van der Waals surface area contributed by atoms with Crippen LogP contribution in [-0.2, 0) is 6.67 Å². The van der Waals surface area contributed by atoms with E-state index in [1.165, 1.54) is 5.69 Å². The van der Waals surface area contributed by atoms with Gasteiger partial charge in [-0.25, -0.2) is 0 Å². The van der Waals surface area contributed by atoms with Crippen molar-refractivity contribution in [2.24, 2.45) is 0 Å². The minimum atomic E-state index is 0.680. The molecule has 0 atom stereocenters. The van der Waals surface area contributed by atoms with Crippen molar-refractivity contribution in [1.29, 1.82) is 0 Å². The third-order valence-corrected chi connectivity index (χ3v) is 5.84. The Balaban J connectivity index is 1.41. The summed E-state index contributed by atoms with van der Waals surface area (Å²) in [4.78, 5) is 4.84. The number of nitrogens with zero attached hydrogens (tertiary/aromatic N) is 4. The van der Waals surface area contributed by atoms with Crippen LogP contribution in [-0.4, -0.2) is 53.9 Å². The molecule has 1 fully saturated rings. The lowest BCUT2D eigenvalue weighted by Gasteiger charge is -2.36. The van der Waals surface area contributed by atoms with Gasteiger partial charge in [-0.05, 0) is 43.4 Å². The van der Waals surface area contributed by atoms with E-state index in [1.54, 1.807) is 7.11 Å². The highest BCUT2D eigenvalue weighted by Crippen LogP contribution is 2.29. The summed E-state index contributed by atoms with van der Waals surface area (Å²) in [7, 11) is 1.68. The van der Waals surface area contributed by atoms with Crippen molar-refractivity contribution in [1.82, 2.24) is 14.0 Å². The van der Waals surface area contributed by atoms with Gasteiger partial charge >= 0.3 is 0 Å². The van der Waals surface area contributed by atoms with Gasteiger partial charge in [0.05, 0.1) is 31.8 Å². The topological polar surface area (TPSA) is 34.8 Å². The monoisotopic (exact) mass is 424 g/mol.